The van der Waals surface area contributed by atoms with Gasteiger partial charge in [0.05, 0.1) is 12.7 Å². The van der Waals surface area contributed by atoms with Crippen molar-refractivity contribution in [3.63, 3.8) is 0 Å². The summed E-state index contributed by atoms with van der Waals surface area (Å²) in [6.45, 7) is 3.25. The molecule has 0 aliphatic carbocycles. The van der Waals surface area contributed by atoms with Gasteiger partial charge in [-0.05, 0) is 31.5 Å². The number of ether oxygens (including phenoxy) is 1. The number of benzene rings is 1. The molecule has 0 unspecified atom stereocenters. The molecule has 0 saturated heterocycles. The van der Waals surface area contributed by atoms with Crippen LogP contribution in [-0.2, 0) is 16.4 Å². The van der Waals surface area contributed by atoms with Crippen LogP contribution < -0.4 is 4.74 Å². The Morgan fingerprint density at radius 1 is 1.24 bits per heavy atom. The Bertz CT molecular complexity index is 422. The van der Waals surface area contributed by atoms with Crippen molar-refractivity contribution in [1.29, 1.82) is 0 Å². The standard InChI is InChI=1S/C12H13F3O2/c1-11(2,7-16)8-4-5-9(12(13,14)15)10(6-8)17-3/h4-7H,1-3H3. The SMILES string of the molecule is COc1cc(C(C)(C)C=O)ccc1C(F)(F)F. The molecule has 0 aliphatic rings. The van der Waals surface area contributed by atoms with Crippen molar-refractivity contribution in [1.82, 2.24) is 0 Å². The van der Waals surface area contributed by atoms with Crippen LogP contribution >= 0.6 is 0 Å². The van der Waals surface area contributed by atoms with Crippen LogP contribution in [0.4, 0.5) is 13.2 Å². The van der Waals surface area contributed by atoms with Crippen LogP contribution in [-0.4, -0.2) is 13.4 Å². The smallest absolute Gasteiger partial charge is 0.419 e. The number of hydrogen-bond acceptors (Lipinski definition) is 2. The largest absolute Gasteiger partial charge is 0.496 e. The fourth-order valence-corrected chi connectivity index (χ4v) is 1.39. The van der Waals surface area contributed by atoms with E-state index in [4.69, 9.17) is 4.74 Å². The molecular weight excluding hydrogens is 233 g/mol. The van der Waals surface area contributed by atoms with Gasteiger partial charge in [-0.1, -0.05) is 6.07 Å². The molecule has 0 aliphatic heterocycles. The summed E-state index contributed by atoms with van der Waals surface area (Å²) in [7, 11) is 1.17. The fraction of sp³-hybridized carbons (Fsp3) is 0.417. The maximum atomic E-state index is 12.6. The highest BCUT2D eigenvalue weighted by Crippen LogP contribution is 2.38. The van der Waals surface area contributed by atoms with E-state index in [2.05, 4.69) is 0 Å². The Morgan fingerprint density at radius 2 is 1.82 bits per heavy atom. The van der Waals surface area contributed by atoms with Gasteiger partial charge in [0.15, 0.2) is 0 Å². The van der Waals surface area contributed by atoms with Gasteiger partial charge in [0, 0.05) is 5.41 Å². The molecule has 1 aromatic rings. The normalized spacial score (nSPS) is 12.4. The number of aldehydes is 1. The first-order valence-electron chi connectivity index (χ1n) is 4.94. The monoisotopic (exact) mass is 246 g/mol. The molecule has 0 bridgehead atoms. The molecule has 0 aromatic heterocycles. The number of hydrogen-bond donors (Lipinski definition) is 0. The summed E-state index contributed by atoms with van der Waals surface area (Å²) in [6, 6.07) is 3.47. The summed E-state index contributed by atoms with van der Waals surface area (Å²) in [6.07, 6.45) is -3.77. The van der Waals surface area contributed by atoms with Gasteiger partial charge >= 0.3 is 6.18 Å². The van der Waals surface area contributed by atoms with Crippen LogP contribution in [0.2, 0.25) is 0 Å². The number of carbonyl (C=O) groups is 1. The average Bonchev–Trinajstić information content (AvgIpc) is 2.27. The molecule has 0 N–H and O–H groups in total. The van der Waals surface area contributed by atoms with Gasteiger partial charge in [-0.15, -0.1) is 0 Å². The minimum atomic E-state index is -4.46. The van der Waals surface area contributed by atoms with E-state index in [0.29, 0.717) is 11.8 Å². The lowest BCUT2D eigenvalue weighted by Gasteiger charge is -2.20. The molecule has 2 nitrogen and oxygen atoms in total. The van der Waals surface area contributed by atoms with Gasteiger partial charge in [0.25, 0.3) is 0 Å². The van der Waals surface area contributed by atoms with Gasteiger partial charge in [0.2, 0.25) is 0 Å². The van der Waals surface area contributed by atoms with E-state index < -0.39 is 17.2 Å². The Hall–Kier alpha value is -1.52. The quantitative estimate of drug-likeness (QED) is 0.765. The van der Waals surface area contributed by atoms with E-state index in [1.54, 1.807) is 13.8 Å². The summed E-state index contributed by atoms with van der Waals surface area (Å²) in [5.41, 5.74) is -1.19. The number of carbonyl (C=O) groups excluding carboxylic acids is 1. The molecule has 0 radical (unpaired) electrons. The zero-order valence-corrected chi connectivity index (χ0v) is 9.76. The van der Waals surface area contributed by atoms with E-state index >= 15 is 0 Å². The highest BCUT2D eigenvalue weighted by atomic mass is 19.4. The van der Waals surface area contributed by atoms with Gasteiger partial charge in [0.1, 0.15) is 12.0 Å². The Kier molecular flexibility index (Phi) is 3.50. The molecule has 0 spiro atoms. The molecule has 94 valence electrons. The van der Waals surface area contributed by atoms with Gasteiger partial charge in [-0.25, -0.2) is 0 Å². The zero-order chi connectivity index (χ0) is 13.3. The van der Waals surface area contributed by atoms with Crippen molar-refractivity contribution >= 4 is 6.29 Å². The van der Waals surface area contributed by atoms with E-state index in [9.17, 15) is 18.0 Å². The molecule has 0 fully saturated rings. The topological polar surface area (TPSA) is 26.3 Å². The Morgan fingerprint density at radius 3 is 2.24 bits per heavy atom. The van der Waals surface area contributed by atoms with Gasteiger partial charge in [-0.2, -0.15) is 13.2 Å². The Labute approximate surface area is 97.4 Å². The van der Waals surface area contributed by atoms with E-state index in [0.717, 1.165) is 6.07 Å². The molecule has 1 aromatic carbocycles. The summed E-state index contributed by atoms with van der Waals surface area (Å²) < 4.78 is 42.5. The van der Waals surface area contributed by atoms with Crippen molar-refractivity contribution in [2.45, 2.75) is 25.4 Å². The summed E-state index contributed by atoms with van der Waals surface area (Å²) in [5.74, 6) is -0.273. The third kappa shape index (κ3) is 2.78. The van der Waals surface area contributed by atoms with Gasteiger partial charge in [-0.3, -0.25) is 0 Å². The predicted octanol–water partition coefficient (Wildman–Crippen LogP) is 3.19. The van der Waals surface area contributed by atoms with E-state index in [-0.39, 0.29) is 5.75 Å². The third-order valence-electron chi connectivity index (χ3n) is 2.55. The highest BCUT2D eigenvalue weighted by Gasteiger charge is 2.35. The van der Waals surface area contributed by atoms with Crippen molar-refractivity contribution < 1.29 is 22.7 Å². The predicted molar refractivity (Wildman–Crippen MR) is 57.1 cm³/mol. The van der Waals surface area contributed by atoms with Crippen LogP contribution in [0.15, 0.2) is 18.2 Å². The van der Waals surface area contributed by atoms with Crippen LogP contribution in [0.5, 0.6) is 5.75 Å². The first-order valence-corrected chi connectivity index (χ1v) is 4.94. The number of halogens is 3. The lowest BCUT2D eigenvalue weighted by atomic mass is 9.85. The minimum absolute atomic E-state index is 0.273. The lowest BCUT2D eigenvalue weighted by molar-refractivity contribution is -0.138. The highest BCUT2D eigenvalue weighted by molar-refractivity contribution is 5.67. The van der Waals surface area contributed by atoms with Gasteiger partial charge < -0.3 is 9.53 Å². The molecule has 0 amide bonds. The summed E-state index contributed by atoms with van der Waals surface area (Å²) in [5, 5.41) is 0. The maximum Gasteiger partial charge on any atom is 0.419 e. The third-order valence-corrected chi connectivity index (χ3v) is 2.55. The van der Waals surface area contributed by atoms with Crippen molar-refractivity contribution in [3.05, 3.63) is 29.3 Å². The first-order chi connectivity index (χ1) is 7.72. The molecule has 5 heteroatoms. The lowest BCUT2D eigenvalue weighted by Crippen LogP contribution is -2.19. The number of methoxy groups -OCH3 is 1. The van der Waals surface area contributed by atoms with Crippen molar-refractivity contribution in [2.24, 2.45) is 0 Å². The van der Waals surface area contributed by atoms with Crippen LogP contribution in [0.1, 0.15) is 25.0 Å². The number of alkyl halides is 3. The second-order valence-corrected chi connectivity index (χ2v) is 4.25. The first kappa shape index (κ1) is 13.5. The zero-order valence-electron chi connectivity index (χ0n) is 9.76. The minimum Gasteiger partial charge on any atom is -0.496 e. The summed E-state index contributed by atoms with van der Waals surface area (Å²) >= 11 is 0. The second-order valence-electron chi connectivity index (χ2n) is 4.25. The Balaban J connectivity index is 3.32. The molecule has 1 rings (SSSR count). The van der Waals surface area contributed by atoms with Crippen molar-refractivity contribution in [2.75, 3.05) is 7.11 Å². The summed E-state index contributed by atoms with van der Waals surface area (Å²) in [4.78, 5) is 10.8. The van der Waals surface area contributed by atoms with Crippen LogP contribution in [0.3, 0.4) is 0 Å². The van der Waals surface area contributed by atoms with Crippen LogP contribution in [0, 0.1) is 0 Å². The van der Waals surface area contributed by atoms with Crippen molar-refractivity contribution in [3.8, 4) is 5.75 Å². The number of rotatable bonds is 3. The van der Waals surface area contributed by atoms with E-state index in [1.807, 2.05) is 0 Å². The average molecular weight is 246 g/mol. The molecule has 0 saturated carbocycles. The maximum absolute atomic E-state index is 12.6. The molecule has 0 atom stereocenters. The van der Waals surface area contributed by atoms with Crippen LogP contribution in [0.25, 0.3) is 0 Å². The fourth-order valence-electron chi connectivity index (χ4n) is 1.39. The molecule has 0 heterocycles. The molecule has 17 heavy (non-hydrogen) atoms. The molecular formula is C12H13F3O2. The van der Waals surface area contributed by atoms with E-state index in [1.165, 1.54) is 19.2 Å². The second kappa shape index (κ2) is 4.39.